The van der Waals surface area contributed by atoms with Crippen LogP contribution >= 0.6 is 0 Å². The fourth-order valence-corrected chi connectivity index (χ4v) is 1.93. The van der Waals surface area contributed by atoms with E-state index in [9.17, 15) is 4.79 Å². The normalized spacial score (nSPS) is 14.0. The van der Waals surface area contributed by atoms with Crippen LogP contribution in [-0.4, -0.2) is 34.1 Å². The van der Waals surface area contributed by atoms with Crippen molar-refractivity contribution in [2.75, 3.05) is 18.4 Å². The molecule has 3 rings (SSSR count). The summed E-state index contributed by atoms with van der Waals surface area (Å²) in [6.45, 7) is 2.68. The Kier molecular flexibility index (Phi) is 3.81. The zero-order chi connectivity index (χ0) is 14.7. The molecular formula is C14H17N5O2. The number of anilines is 1. The van der Waals surface area contributed by atoms with Gasteiger partial charge in [-0.2, -0.15) is 4.98 Å². The number of pyridine rings is 1. The van der Waals surface area contributed by atoms with Gasteiger partial charge >= 0.3 is 0 Å². The molecule has 2 N–H and O–H groups in total. The number of carbonyl (C=O) groups excluding carboxylic acids is 1. The van der Waals surface area contributed by atoms with Crippen LogP contribution in [0.3, 0.4) is 0 Å². The van der Waals surface area contributed by atoms with Crippen LogP contribution in [0.1, 0.15) is 18.7 Å². The Morgan fingerprint density at radius 3 is 3.05 bits per heavy atom. The summed E-state index contributed by atoms with van der Waals surface area (Å²) in [6, 6.07) is 3.61. The summed E-state index contributed by atoms with van der Waals surface area (Å²) in [7, 11) is 0. The van der Waals surface area contributed by atoms with Crippen LogP contribution in [0.15, 0.2) is 22.9 Å². The van der Waals surface area contributed by atoms with Crippen LogP contribution in [0.5, 0.6) is 0 Å². The van der Waals surface area contributed by atoms with Gasteiger partial charge in [0.2, 0.25) is 5.91 Å². The summed E-state index contributed by atoms with van der Waals surface area (Å²) >= 11 is 0. The lowest BCUT2D eigenvalue weighted by Gasteiger charge is -2.08. The SMILES string of the molecule is Cc1noc(-c2cccnc2NCC(=O)NCC2CC2)n1. The number of rotatable bonds is 6. The van der Waals surface area contributed by atoms with Gasteiger partial charge in [-0.3, -0.25) is 4.79 Å². The van der Waals surface area contributed by atoms with E-state index in [-0.39, 0.29) is 12.5 Å². The molecule has 1 fully saturated rings. The first-order chi connectivity index (χ1) is 10.2. The number of hydrogen-bond acceptors (Lipinski definition) is 6. The molecule has 1 aliphatic carbocycles. The predicted octanol–water partition coefficient (Wildman–Crippen LogP) is 1.38. The molecular weight excluding hydrogens is 270 g/mol. The molecule has 1 saturated carbocycles. The number of aromatic nitrogens is 3. The fraction of sp³-hybridized carbons (Fsp3) is 0.429. The second kappa shape index (κ2) is 5.90. The molecule has 21 heavy (non-hydrogen) atoms. The van der Waals surface area contributed by atoms with E-state index < -0.39 is 0 Å². The minimum atomic E-state index is -0.0415. The second-order valence-corrected chi connectivity index (χ2v) is 5.15. The standard InChI is InChI=1S/C14H17N5O2/c1-9-18-14(21-19-9)11-3-2-6-15-13(11)17-8-12(20)16-7-10-4-5-10/h2-3,6,10H,4-5,7-8H2,1H3,(H,15,17)(H,16,20). The summed E-state index contributed by atoms with van der Waals surface area (Å²) in [4.78, 5) is 20.2. The smallest absolute Gasteiger partial charge is 0.261 e. The zero-order valence-corrected chi connectivity index (χ0v) is 11.8. The molecule has 0 radical (unpaired) electrons. The average molecular weight is 287 g/mol. The molecule has 7 heteroatoms. The van der Waals surface area contributed by atoms with Crippen molar-refractivity contribution < 1.29 is 9.32 Å². The van der Waals surface area contributed by atoms with Crippen molar-refractivity contribution in [2.45, 2.75) is 19.8 Å². The Balaban J connectivity index is 1.63. The molecule has 0 atom stereocenters. The van der Waals surface area contributed by atoms with Crippen LogP contribution < -0.4 is 10.6 Å². The number of aryl methyl sites for hydroxylation is 1. The third kappa shape index (κ3) is 3.56. The maximum Gasteiger partial charge on any atom is 0.261 e. The van der Waals surface area contributed by atoms with Crippen molar-refractivity contribution in [3.05, 3.63) is 24.2 Å². The number of nitrogens with zero attached hydrogens (tertiary/aromatic N) is 3. The maximum absolute atomic E-state index is 11.7. The second-order valence-electron chi connectivity index (χ2n) is 5.15. The van der Waals surface area contributed by atoms with Gasteiger partial charge in [0.1, 0.15) is 5.82 Å². The largest absolute Gasteiger partial charge is 0.360 e. The van der Waals surface area contributed by atoms with Crippen LogP contribution in [0, 0.1) is 12.8 Å². The first kappa shape index (κ1) is 13.5. The third-order valence-corrected chi connectivity index (χ3v) is 3.27. The molecule has 0 aromatic carbocycles. The van der Waals surface area contributed by atoms with Crippen LogP contribution in [-0.2, 0) is 4.79 Å². The Labute approximate surface area is 122 Å². The molecule has 2 aromatic rings. The highest BCUT2D eigenvalue weighted by Crippen LogP contribution is 2.27. The van der Waals surface area contributed by atoms with Gasteiger partial charge in [-0.05, 0) is 37.8 Å². The highest BCUT2D eigenvalue weighted by atomic mass is 16.5. The van der Waals surface area contributed by atoms with Crippen LogP contribution in [0.25, 0.3) is 11.5 Å². The van der Waals surface area contributed by atoms with Gasteiger partial charge in [-0.1, -0.05) is 5.16 Å². The van der Waals surface area contributed by atoms with E-state index in [1.54, 1.807) is 19.2 Å². The lowest BCUT2D eigenvalue weighted by molar-refractivity contribution is -0.119. The van der Waals surface area contributed by atoms with Crippen molar-refractivity contribution >= 4 is 11.7 Å². The van der Waals surface area contributed by atoms with E-state index >= 15 is 0 Å². The van der Waals surface area contributed by atoms with E-state index in [2.05, 4.69) is 25.8 Å². The Hall–Kier alpha value is -2.44. The van der Waals surface area contributed by atoms with Gasteiger partial charge < -0.3 is 15.2 Å². The molecule has 2 heterocycles. The molecule has 0 aliphatic heterocycles. The first-order valence-corrected chi connectivity index (χ1v) is 6.98. The lowest BCUT2D eigenvalue weighted by Crippen LogP contribution is -2.31. The van der Waals surface area contributed by atoms with Crippen molar-refractivity contribution in [1.29, 1.82) is 0 Å². The van der Waals surface area contributed by atoms with Crippen molar-refractivity contribution in [3.8, 4) is 11.5 Å². The highest BCUT2D eigenvalue weighted by molar-refractivity contribution is 5.82. The van der Waals surface area contributed by atoms with E-state index in [0.29, 0.717) is 29.0 Å². The Morgan fingerprint density at radius 1 is 1.48 bits per heavy atom. The predicted molar refractivity (Wildman–Crippen MR) is 76.5 cm³/mol. The summed E-state index contributed by atoms with van der Waals surface area (Å²) < 4.78 is 5.14. The molecule has 0 unspecified atom stereocenters. The summed E-state index contributed by atoms with van der Waals surface area (Å²) in [6.07, 6.45) is 4.08. The number of nitrogens with one attached hydrogen (secondary N) is 2. The minimum Gasteiger partial charge on any atom is -0.360 e. The summed E-state index contributed by atoms with van der Waals surface area (Å²) in [5.41, 5.74) is 0.688. The van der Waals surface area contributed by atoms with E-state index in [1.807, 2.05) is 6.07 Å². The van der Waals surface area contributed by atoms with Gasteiger partial charge in [0.15, 0.2) is 5.82 Å². The lowest BCUT2D eigenvalue weighted by atomic mass is 10.2. The Bertz CT molecular complexity index is 636. The van der Waals surface area contributed by atoms with Gasteiger partial charge in [0, 0.05) is 12.7 Å². The molecule has 2 aromatic heterocycles. The number of carbonyl (C=O) groups is 1. The van der Waals surface area contributed by atoms with Crippen molar-refractivity contribution in [2.24, 2.45) is 5.92 Å². The average Bonchev–Trinajstić information content (AvgIpc) is 3.23. The summed E-state index contributed by atoms with van der Waals surface area (Å²) in [5.74, 6) is 2.13. The van der Waals surface area contributed by atoms with Crippen molar-refractivity contribution in [3.63, 3.8) is 0 Å². The van der Waals surface area contributed by atoms with Gasteiger partial charge in [0.25, 0.3) is 5.89 Å². The molecule has 1 amide bonds. The van der Waals surface area contributed by atoms with Gasteiger partial charge in [-0.25, -0.2) is 4.98 Å². The number of amides is 1. The molecule has 110 valence electrons. The molecule has 0 bridgehead atoms. The van der Waals surface area contributed by atoms with Gasteiger partial charge in [-0.15, -0.1) is 0 Å². The van der Waals surface area contributed by atoms with Crippen molar-refractivity contribution in [1.82, 2.24) is 20.4 Å². The van der Waals surface area contributed by atoms with E-state index in [1.165, 1.54) is 12.8 Å². The van der Waals surface area contributed by atoms with Gasteiger partial charge in [0.05, 0.1) is 12.1 Å². The third-order valence-electron chi connectivity index (χ3n) is 3.27. The van der Waals surface area contributed by atoms with E-state index in [4.69, 9.17) is 4.52 Å². The molecule has 7 nitrogen and oxygen atoms in total. The molecule has 0 spiro atoms. The maximum atomic E-state index is 11.7. The van der Waals surface area contributed by atoms with Crippen LogP contribution in [0.2, 0.25) is 0 Å². The topological polar surface area (TPSA) is 92.9 Å². The first-order valence-electron chi connectivity index (χ1n) is 6.98. The van der Waals surface area contributed by atoms with E-state index in [0.717, 1.165) is 6.54 Å². The zero-order valence-electron chi connectivity index (χ0n) is 11.8. The monoisotopic (exact) mass is 287 g/mol. The molecule has 0 saturated heterocycles. The summed E-state index contributed by atoms with van der Waals surface area (Å²) in [5, 5.41) is 9.68. The van der Waals surface area contributed by atoms with Crippen LogP contribution in [0.4, 0.5) is 5.82 Å². The molecule has 1 aliphatic rings. The highest BCUT2D eigenvalue weighted by Gasteiger charge is 2.21. The Morgan fingerprint density at radius 2 is 2.33 bits per heavy atom. The fourth-order valence-electron chi connectivity index (χ4n) is 1.93. The minimum absolute atomic E-state index is 0.0415. The quantitative estimate of drug-likeness (QED) is 0.833. The number of hydrogen-bond donors (Lipinski definition) is 2.